The number of aliphatic imine (C=N–C) groups is 1. The summed E-state index contributed by atoms with van der Waals surface area (Å²) in [6.45, 7) is 9.03. The molecule has 0 radical (unpaired) electrons. The van der Waals surface area contributed by atoms with Crippen LogP contribution in [0, 0.1) is 20.8 Å². The first-order valence-corrected chi connectivity index (χ1v) is 9.28. The molecule has 3 aromatic heterocycles. The zero-order chi connectivity index (χ0) is 19.6. The number of pyridine rings is 1. The second kappa shape index (κ2) is 9.40. The highest BCUT2D eigenvalue weighted by atomic mass is 127. The van der Waals surface area contributed by atoms with E-state index in [0.29, 0.717) is 6.54 Å². The first kappa shape index (κ1) is 22.2. The number of fused-ring (bicyclic) bond motifs is 1. The number of imidazole rings is 1. The molecule has 0 fully saturated rings. The standard InChI is InChI=1S/C20H29N7.HI/c1-13-7-8-27-12-17(24-19(27)9-13)11-22-20(21-5)23-14(2)10-18-15(3)25-26(6)16(18)4;/h7-9,12,14H,10-11H2,1-6H3,(H2,21,22,23);1H. The Morgan fingerprint density at radius 3 is 2.68 bits per heavy atom. The highest BCUT2D eigenvalue weighted by molar-refractivity contribution is 14.0. The molecule has 0 saturated heterocycles. The van der Waals surface area contributed by atoms with Crippen molar-refractivity contribution in [2.75, 3.05) is 7.05 Å². The molecule has 3 aromatic rings. The molecule has 0 aliphatic rings. The van der Waals surface area contributed by atoms with Crippen molar-refractivity contribution in [3.8, 4) is 0 Å². The van der Waals surface area contributed by atoms with Crippen LogP contribution in [0.2, 0.25) is 0 Å². The fourth-order valence-corrected chi connectivity index (χ4v) is 3.29. The molecule has 0 saturated carbocycles. The first-order chi connectivity index (χ1) is 12.9. The lowest BCUT2D eigenvalue weighted by Gasteiger charge is -2.18. The van der Waals surface area contributed by atoms with E-state index >= 15 is 0 Å². The van der Waals surface area contributed by atoms with Crippen LogP contribution in [0.1, 0.15) is 35.1 Å². The van der Waals surface area contributed by atoms with Crippen LogP contribution in [0.25, 0.3) is 5.65 Å². The van der Waals surface area contributed by atoms with Gasteiger partial charge in [-0.25, -0.2) is 4.98 Å². The van der Waals surface area contributed by atoms with E-state index in [0.717, 1.165) is 29.4 Å². The molecule has 0 aliphatic carbocycles. The van der Waals surface area contributed by atoms with Crippen molar-refractivity contribution in [3.05, 3.63) is 52.7 Å². The zero-order valence-corrected chi connectivity index (χ0v) is 19.8. The minimum absolute atomic E-state index is 0. The van der Waals surface area contributed by atoms with Crippen molar-refractivity contribution >= 4 is 35.6 Å². The van der Waals surface area contributed by atoms with Gasteiger partial charge in [-0.3, -0.25) is 9.67 Å². The third kappa shape index (κ3) is 5.03. The van der Waals surface area contributed by atoms with Gasteiger partial charge in [-0.05, 0) is 57.4 Å². The van der Waals surface area contributed by atoms with Gasteiger partial charge in [0.1, 0.15) is 5.65 Å². The van der Waals surface area contributed by atoms with Gasteiger partial charge in [0, 0.05) is 38.2 Å². The Hall–Kier alpha value is -2.10. The molecule has 152 valence electrons. The smallest absolute Gasteiger partial charge is 0.191 e. The molecule has 0 amide bonds. The molecule has 28 heavy (non-hydrogen) atoms. The highest BCUT2D eigenvalue weighted by Crippen LogP contribution is 2.14. The topological polar surface area (TPSA) is 71.5 Å². The maximum Gasteiger partial charge on any atom is 0.191 e. The van der Waals surface area contributed by atoms with Crippen LogP contribution in [0.5, 0.6) is 0 Å². The fourth-order valence-electron chi connectivity index (χ4n) is 3.29. The minimum Gasteiger partial charge on any atom is -0.354 e. The third-order valence-electron chi connectivity index (χ3n) is 4.88. The Morgan fingerprint density at radius 2 is 2.04 bits per heavy atom. The summed E-state index contributed by atoms with van der Waals surface area (Å²) in [6, 6.07) is 4.40. The molecule has 0 bridgehead atoms. The molecular formula is C20H30IN7. The molecule has 1 atom stereocenters. The van der Waals surface area contributed by atoms with Gasteiger partial charge >= 0.3 is 0 Å². The summed E-state index contributed by atoms with van der Waals surface area (Å²) in [5.41, 5.74) is 6.75. The predicted molar refractivity (Wildman–Crippen MR) is 125 cm³/mol. The monoisotopic (exact) mass is 495 g/mol. The molecule has 0 spiro atoms. The van der Waals surface area contributed by atoms with Crippen molar-refractivity contribution in [1.82, 2.24) is 29.8 Å². The van der Waals surface area contributed by atoms with Crippen LogP contribution in [-0.2, 0) is 20.0 Å². The van der Waals surface area contributed by atoms with E-state index in [1.165, 1.54) is 16.8 Å². The Balaban J connectivity index is 0.00000280. The highest BCUT2D eigenvalue weighted by Gasteiger charge is 2.14. The molecule has 0 aromatic carbocycles. The summed E-state index contributed by atoms with van der Waals surface area (Å²) in [5.74, 6) is 0.773. The summed E-state index contributed by atoms with van der Waals surface area (Å²) in [5, 5.41) is 11.3. The first-order valence-electron chi connectivity index (χ1n) is 9.28. The normalized spacial score (nSPS) is 12.7. The number of nitrogens with one attached hydrogen (secondary N) is 2. The lowest BCUT2D eigenvalue weighted by atomic mass is 10.1. The van der Waals surface area contributed by atoms with Gasteiger partial charge in [0.05, 0.1) is 17.9 Å². The van der Waals surface area contributed by atoms with Crippen molar-refractivity contribution < 1.29 is 0 Å². The summed E-state index contributed by atoms with van der Waals surface area (Å²) < 4.78 is 3.98. The molecule has 3 heterocycles. The molecule has 3 rings (SSSR count). The Morgan fingerprint density at radius 1 is 1.29 bits per heavy atom. The van der Waals surface area contributed by atoms with Gasteiger partial charge in [-0.2, -0.15) is 5.10 Å². The van der Waals surface area contributed by atoms with Crippen LogP contribution in [0.15, 0.2) is 29.5 Å². The number of hydrogen-bond donors (Lipinski definition) is 2. The number of rotatable bonds is 5. The summed E-state index contributed by atoms with van der Waals surface area (Å²) in [6.07, 6.45) is 4.98. The number of nitrogens with zero attached hydrogens (tertiary/aromatic N) is 5. The van der Waals surface area contributed by atoms with Crippen molar-refractivity contribution in [2.24, 2.45) is 12.0 Å². The van der Waals surface area contributed by atoms with E-state index in [1.54, 1.807) is 7.05 Å². The summed E-state index contributed by atoms with van der Waals surface area (Å²) in [4.78, 5) is 9.00. The Kier molecular flexibility index (Phi) is 7.45. The second-order valence-electron chi connectivity index (χ2n) is 7.15. The van der Waals surface area contributed by atoms with Crippen LogP contribution in [0.4, 0.5) is 0 Å². The molecule has 2 N–H and O–H groups in total. The number of aromatic nitrogens is 4. The van der Waals surface area contributed by atoms with Crippen molar-refractivity contribution in [2.45, 2.75) is 46.7 Å². The van der Waals surface area contributed by atoms with E-state index in [4.69, 9.17) is 0 Å². The largest absolute Gasteiger partial charge is 0.354 e. The van der Waals surface area contributed by atoms with Crippen LogP contribution in [0.3, 0.4) is 0 Å². The second-order valence-corrected chi connectivity index (χ2v) is 7.15. The van der Waals surface area contributed by atoms with E-state index in [2.05, 4.69) is 65.5 Å². The molecule has 8 heteroatoms. The number of guanidine groups is 1. The average molecular weight is 495 g/mol. The van der Waals surface area contributed by atoms with Gasteiger partial charge in [0.25, 0.3) is 0 Å². The van der Waals surface area contributed by atoms with Crippen LogP contribution >= 0.6 is 24.0 Å². The Labute approximate surface area is 183 Å². The predicted octanol–water partition coefficient (Wildman–Crippen LogP) is 2.91. The van der Waals surface area contributed by atoms with Crippen LogP contribution < -0.4 is 10.6 Å². The van der Waals surface area contributed by atoms with E-state index in [-0.39, 0.29) is 30.0 Å². The van der Waals surface area contributed by atoms with E-state index in [1.807, 2.05) is 28.5 Å². The Bertz CT molecular complexity index is 970. The SMILES string of the molecule is CN=C(NCc1cn2ccc(C)cc2n1)NC(C)Cc1c(C)nn(C)c1C.I. The quantitative estimate of drug-likeness (QED) is 0.325. The van der Waals surface area contributed by atoms with Gasteiger partial charge in [0.2, 0.25) is 0 Å². The lowest BCUT2D eigenvalue weighted by molar-refractivity contribution is 0.634. The summed E-state index contributed by atoms with van der Waals surface area (Å²) >= 11 is 0. The molecule has 0 aliphatic heterocycles. The number of hydrogen-bond acceptors (Lipinski definition) is 3. The van der Waals surface area contributed by atoms with Crippen LogP contribution in [-0.4, -0.2) is 38.2 Å². The summed E-state index contributed by atoms with van der Waals surface area (Å²) in [7, 11) is 3.77. The van der Waals surface area contributed by atoms with Crippen molar-refractivity contribution in [1.29, 1.82) is 0 Å². The van der Waals surface area contributed by atoms with Gasteiger partial charge in [-0.15, -0.1) is 24.0 Å². The minimum atomic E-state index is 0. The van der Waals surface area contributed by atoms with Crippen molar-refractivity contribution in [3.63, 3.8) is 0 Å². The molecule has 7 nitrogen and oxygen atoms in total. The maximum absolute atomic E-state index is 4.66. The van der Waals surface area contributed by atoms with Gasteiger partial charge in [0.15, 0.2) is 5.96 Å². The van der Waals surface area contributed by atoms with Gasteiger partial charge in [-0.1, -0.05) is 0 Å². The van der Waals surface area contributed by atoms with E-state index in [9.17, 15) is 0 Å². The van der Waals surface area contributed by atoms with E-state index < -0.39 is 0 Å². The number of aryl methyl sites for hydroxylation is 3. The van der Waals surface area contributed by atoms with Gasteiger partial charge < -0.3 is 15.0 Å². The lowest BCUT2D eigenvalue weighted by Crippen LogP contribution is -2.42. The molecular weight excluding hydrogens is 465 g/mol. The average Bonchev–Trinajstić information content (AvgIpc) is 3.13. The maximum atomic E-state index is 4.66. The number of halogens is 1. The molecule has 1 unspecified atom stereocenters. The fraction of sp³-hybridized carbons (Fsp3) is 0.450. The zero-order valence-electron chi connectivity index (χ0n) is 17.4. The third-order valence-corrected chi connectivity index (χ3v) is 4.88.